The Morgan fingerprint density at radius 1 is 1.28 bits per heavy atom. The molecule has 18 heavy (non-hydrogen) atoms. The van der Waals surface area contributed by atoms with Crippen LogP contribution < -0.4 is 0 Å². The second kappa shape index (κ2) is 5.64. The molecule has 0 aliphatic rings. The van der Waals surface area contributed by atoms with E-state index in [1.54, 1.807) is 6.20 Å². The van der Waals surface area contributed by atoms with Gasteiger partial charge in [0.1, 0.15) is 6.07 Å². The Morgan fingerprint density at radius 3 is 2.83 bits per heavy atom. The lowest BCUT2D eigenvalue weighted by atomic mass is 9.97. The highest BCUT2D eigenvalue weighted by atomic mass is 14.7. The van der Waals surface area contributed by atoms with Crippen LogP contribution in [0.15, 0.2) is 24.4 Å². The van der Waals surface area contributed by atoms with E-state index in [1.807, 2.05) is 6.07 Å². The van der Waals surface area contributed by atoms with Crippen molar-refractivity contribution in [1.29, 1.82) is 5.26 Å². The Kier molecular flexibility index (Phi) is 3.94. The SMILES string of the molecule is CCCCCc1c(C#N)cnc2ccc(C)cc12. The summed E-state index contributed by atoms with van der Waals surface area (Å²) in [5.74, 6) is 0. The van der Waals surface area contributed by atoms with Crippen molar-refractivity contribution in [2.45, 2.75) is 39.5 Å². The fourth-order valence-electron chi connectivity index (χ4n) is 2.28. The molecule has 0 amide bonds. The lowest BCUT2D eigenvalue weighted by molar-refractivity contribution is 0.718. The van der Waals surface area contributed by atoms with Crippen LogP contribution in [0, 0.1) is 18.3 Å². The monoisotopic (exact) mass is 238 g/mol. The number of unbranched alkanes of at least 4 members (excludes halogenated alkanes) is 2. The second-order valence-corrected chi connectivity index (χ2v) is 4.74. The highest BCUT2D eigenvalue weighted by Gasteiger charge is 2.08. The average molecular weight is 238 g/mol. The smallest absolute Gasteiger partial charge is 0.101 e. The third-order valence-corrected chi connectivity index (χ3v) is 3.29. The number of pyridine rings is 1. The van der Waals surface area contributed by atoms with E-state index in [0.717, 1.165) is 29.3 Å². The van der Waals surface area contributed by atoms with Crippen LogP contribution in [0.25, 0.3) is 10.9 Å². The number of benzene rings is 1. The van der Waals surface area contributed by atoms with Crippen LogP contribution in [0.4, 0.5) is 0 Å². The highest BCUT2D eigenvalue weighted by Crippen LogP contribution is 2.23. The van der Waals surface area contributed by atoms with E-state index in [-0.39, 0.29) is 0 Å². The number of nitriles is 1. The molecular weight excluding hydrogens is 220 g/mol. The van der Waals surface area contributed by atoms with Crippen molar-refractivity contribution in [1.82, 2.24) is 4.98 Å². The summed E-state index contributed by atoms with van der Waals surface area (Å²) in [7, 11) is 0. The molecule has 0 aliphatic carbocycles. The summed E-state index contributed by atoms with van der Waals surface area (Å²) < 4.78 is 0. The highest BCUT2D eigenvalue weighted by molar-refractivity contribution is 5.84. The molecule has 0 spiro atoms. The summed E-state index contributed by atoms with van der Waals surface area (Å²) in [5, 5.41) is 10.4. The predicted octanol–water partition coefficient (Wildman–Crippen LogP) is 4.15. The first kappa shape index (κ1) is 12.6. The first-order valence-electron chi connectivity index (χ1n) is 6.54. The predicted molar refractivity (Wildman–Crippen MR) is 74.4 cm³/mol. The van der Waals surface area contributed by atoms with Crippen molar-refractivity contribution in [2.24, 2.45) is 0 Å². The van der Waals surface area contributed by atoms with Crippen LogP contribution in [-0.2, 0) is 6.42 Å². The maximum absolute atomic E-state index is 9.21. The van der Waals surface area contributed by atoms with Gasteiger partial charge in [0, 0.05) is 11.6 Å². The molecule has 0 saturated carbocycles. The molecule has 0 unspecified atom stereocenters. The van der Waals surface area contributed by atoms with Gasteiger partial charge in [-0.2, -0.15) is 5.26 Å². The Balaban J connectivity index is 2.50. The lowest BCUT2D eigenvalue weighted by Crippen LogP contribution is -1.95. The van der Waals surface area contributed by atoms with Crippen LogP contribution in [0.1, 0.15) is 42.9 Å². The zero-order valence-electron chi connectivity index (χ0n) is 11.0. The maximum atomic E-state index is 9.21. The summed E-state index contributed by atoms with van der Waals surface area (Å²) in [6.07, 6.45) is 6.22. The fourth-order valence-corrected chi connectivity index (χ4v) is 2.28. The van der Waals surface area contributed by atoms with Crippen molar-refractivity contribution in [2.75, 3.05) is 0 Å². The number of hydrogen-bond acceptors (Lipinski definition) is 2. The Morgan fingerprint density at radius 2 is 2.11 bits per heavy atom. The van der Waals surface area contributed by atoms with Gasteiger partial charge in [0.25, 0.3) is 0 Å². The van der Waals surface area contributed by atoms with Gasteiger partial charge in [0.15, 0.2) is 0 Å². The molecule has 0 N–H and O–H groups in total. The molecule has 2 nitrogen and oxygen atoms in total. The molecular formula is C16H18N2. The molecule has 0 fully saturated rings. The van der Waals surface area contributed by atoms with Crippen LogP contribution in [0.5, 0.6) is 0 Å². The molecule has 0 bridgehead atoms. The zero-order chi connectivity index (χ0) is 13.0. The Bertz CT molecular complexity index is 594. The summed E-state index contributed by atoms with van der Waals surface area (Å²) in [6.45, 7) is 4.27. The number of fused-ring (bicyclic) bond motifs is 1. The number of nitrogens with zero attached hydrogens (tertiary/aromatic N) is 2. The Labute approximate surface area is 108 Å². The van der Waals surface area contributed by atoms with Crippen molar-refractivity contribution in [3.63, 3.8) is 0 Å². The molecule has 2 heteroatoms. The summed E-state index contributed by atoms with van der Waals surface area (Å²) in [4.78, 5) is 4.36. The van der Waals surface area contributed by atoms with Gasteiger partial charge in [-0.25, -0.2) is 0 Å². The van der Waals surface area contributed by atoms with E-state index in [1.165, 1.54) is 24.0 Å². The number of aryl methyl sites for hydroxylation is 2. The van der Waals surface area contributed by atoms with Gasteiger partial charge < -0.3 is 0 Å². The third-order valence-electron chi connectivity index (χ3n) is 3.29. The average Bonchev–Trinajstić information content (AvgIpc) is 2.39. The van der Waals surface area contributed by atoms with Crippen molar-refractivity contribution < 1.29 is 0 Å². The molecule has 2 rings (SSSR count). The number of aromatic nitrogens is 1. The Hall–Kier alpha value is -1.88. The lowest BCUT2D eigenvalue weighted by Gasteiger charge is -2.08. The van der Waals surface area contributed by atoms with Gasteiger partial charge in [-0.05, 0) is 37.5 Å². The second-order valence-electron chi connectivity index (χ2n) is 4.74. The molecule has 1 aromatic carbocycles. The number of rotatable bonds is 4. The van der Waals surface area contributed by atoms with Crippen molar-refractivity contribution in [3.8, 4) is 6.07 Å². The zero-order valence-corrected chi connectivity index (χ0v) is 11.0. The maximum Gasteiger partial charge on any atom is 0.101 e. The first-order chi connectivity index (χ1) is 8.76. The van der Waals surface area contributed by atoms with E-state index in [4.69, 9.17) is 0 Å². The minimum Gasteiger partial charge on any atom is -0.255 e. The normalized spacial score (nSPS) is 10.5. The fraction of sp³-hybridized carbons (Fsp3) is 0.375. The van der Waals surface area contributed by atoms with Crippen LogP contribution in [0.2, 0.25) is 0 Å². The van der Waals surface area contributed by atoms with Crippen LogP contribution in [0.3, 0.4) is 0 Å². The van der Waals surface area contributed by atoms with E-state index < -0.39 is 0 Å². The van der Waals surface area contributed by atoms with Gasteiger partial charge in [-0.15, -0.1) is 0 Å². The molecule has 1 aromatic heterocycles. The molecule has 2 aromatic rings. The summed E-state index contributed by atoms with van der Waals surface area (Å²) >= 11 is 0. The topological polar surface area (TPSA) is 36.7 Å². The van der Waals surface area contributed by atoms with Crippen molar-refractivity contribution in [3.05, 3.63) is 41.1 Å². The minimum atomic E-state index is 0.726. The molecule has 0 saturated heterocycles. The van der Waals surface area contributed by atoms with Gasteiger partial charge in [-0.3, -0.25) is 4.98 Å². The summed E-state index contributed by atoms with van der Waals surface area (Å²) in [6, 6.07) is 8.52. The minimum absolute atomic E-state index is 0.726. The molecule has 0 atom stereocenters. The first-order valence-corrected chi connectivity index (χ1v) is 6.54. The molecule has 0 radical (unpaired) electrons. The van der Waals surface area contributed by atoms with E-state index in [2.05, 4.69) is 37.0 Å². The molecule has 0 aliphatic heterocycles. The van der Waals surface area contributed by atoms with E-state index >= 15 is 0 Å². The molecule has 1 heterocycles. The van der Waals surface area contributed by atoms with Crippen molar-refractivity contribution >= 4 is 10.9 Å². The van der Waals surface area contributed by atoms with Crippen LogP contribution in [-0.4, -0.2) is 4.98 Å². The van der Waals surface area contributed by atoms with Gasteiger partial charge >= 0.3 is 0 Å². The standard InChI is InChI=1S/C16H18N2/c1-3-4-5-6-14-13(10-17)11-18-16-8-7-12(2)9-15(14)16/h7-9,11H,3-6H2,1-2H3. The molecule has 92 valence electrons. The van der Waals surface area contributed by atoms with Gasteiger partial charge in [-0.1, -0.05) is 31.4 Å². The number of hydrogen-bond donors (Lipinski definition) is 0. The van der Waals surface area contributed by atoms with Gasteiger partial charge in [0.2, 0.25) is 0 Å². The largest absolute Gasteiger partial charge is 0.255 e. The van der Waals surface area contributed by atoms with E-state index in [9.17, 15) is 5.26 Å². The summed E-state index contributed by atoms with van der Waals surface area (Å²) in [5.41, 5.74) is 4.10. The van der Waals surface area contributed by atoms with E-state index in [0.29, 0.717) is 0 Å². The quantitative estimate of drug-likeness (QED) is 0.750. The van der Waals surface area contributed by atoms with Crippen LogP contribution >= 0.6 is 0 Å². The third kappa shape index (κ3) is 2.51. The van der Waals surface area contributed by atoms with Gasteiger partial charge in [0.05, 0.1) is 11.1 Å².